The summed E-state index contributed by atoms with van der Waals surface area (Å²) in [6, 6.07) is 0.390. The fraction of sp³-hybridized carbons (Fsp3) is 0.933. The lowest BCUT2D eigenvalue weighted by atomic mass is 9.67. The van der Waals surface area contributed by atoms with E-state index < -0.39 is 0 Å². The first-order chi connectivity index (χ1) is 8.83. The number of nitrogens with one attached hydrogen (secondary N) is 2. The molecule has 3 rings (SSSR count). The lowest BCUT2D eigenvalue weighted by molar-refractivity contribution is -0.127. The summed E-state index contributed by atoms with van der Waals surface area (Å²) in [5, 5.41) is 6.55. The predicted molar refractivity (Wildman–Crippen MR) is 72.2 cm³/mol. The van der Waals surface area contributed by atoms with Crippen molar-refractivity contribution >= 4 is 5.91 Å². The van der Waals surface area contributed by atoms with Crippen LogP contribution in [-0.2, 0) is 4.79 Å². The maximum Gasteiger partial charge on any atom is 0.223 e. The van der Waals surface area contributed by atoms with Crippen LogP contribution < -0.4 is 10.6 Å². The summed E-state index contributed by atoms with van der Waals surface area (Å²) in [5.74, 6) is 2.44. The first-order valence-corrected chi connectivity index (χ1v) is 7.84. The van der Waals surface area contributed by atoms with Gasteiger partial charge in [-0.05, 0) is 44.1 Å². The standard InChI is InChI=1S/C15H26N2O/c18-15(17-14-7-8-16-10-14)13-6-5-11-3-1-2-4-12(11)9-13/h11-14,16H,1-10H2,(H,17,18)/t11?,12?,13?,14-/m0/s1. The Kier molecular flexibility index (Phi) is 3.88. The van der Waals surface area contributed by atoms with Crippen molar-refractivity contribution < 1.29 is 4.79 Å². The van der Waals surface area contributed by atoms with Crippen LogP contribution >= 0.6 is 0 Å². The molecule has 4 atom stereocenters. The molecule has 3 nitrogen and oxygen atoms in total. The Morgan fingerprint density at radius 2 is 1.83 bits per heavy atom. The molecule has 3 unspecified atom stereocenters. The third-order valence-corrected chi connectivity index (χ3v) is 5.32. The fourth-order valence-corrected chi connectivity index (χ4v) is 4.21. The highest BCUT2D eigenvalue weighted by Gasteiger charge is 2.35. The summed E-state index contributed by atoms with van der Waals surface area (Å²) < 4.78 is 0. The van der Waals surface area contributed by atoms with Crippen molar-refractivity contribution in [2.24, 2.45) is 17.8 Å². The Bertz CT molecular complexity index is 299. The van der Waals surface area contributed by atoms with Crippen LogP contribution in [0.1, 0.15) is 51.4 Å². The van der Waals surface area contributed by atoms with E-state index in [2.05, 4.69) is 10.6 Å². The highest BCUT2D eigenvalue weighted by molar-refractivity contribution is 5.79. The zero-order valence-electron chi connectivity index (χ0n) is 11.3. The third kappa shape index (κ3) is 2.71. The number of rotatable bonds is 2. The monoisotopic (exact) mass is 250 g/mol. The number of fused-ring (bicyclic) bond motifs is 1. The Labute approximate surface area is 110 Å². The van der Waals surface area contributed by atoms with Gasteiger partial charge in [0.2, 0.25) is 5.91 Å². The van der Waals surface area contributed by atoms with Gasteiger partial charge in [0.05, 0.1) is 0 Å². The van der Waals surface area contributed by atoms with Gasteiger partial charge in [-0.3, -0.25) is 4.79 Å². The molecule has 1 aliphatic heterocycles. The van der Waals surface area contributed by atoms with Crippen LogP contribution in [0.2, 0.25) is 0 Å². The van der Waals surface area contributed by atoms with E-state index in [1.165, 1.54) is 32.1 Å². The fourth-order valence-electron chi connectivity index (χ4n) is 4.21. The SMILES string of the molecule is O=C(N[C@H]1CCNC1)C1CCC2CCCCC2C1. The number of hydrogen-bond acceptors (Lipinski definition) is 2. The molecule has 1 amide bonds. The van der Waals surface area contributed by atoms with E-state index in [0.717, 1.165) is 44.2 Å². The maximum absolute atomic E-state index is 12.3. The highest BCUT2D eigenvalue weighted by atomic mass is 16.1. The summed E-state index contributed by atoms with van der Waals surface area (Å²) in [4.78, 5) is 12.3. The summed E-state index contributed by atoms with van der Waals surface area (Å²) >= 11 is 0. The van der Waals surface area contributed by atoms with Gasteiger partial charge in [0, 0.05) is 18.5 Å². The number of amides is 1. The molecule has 2 aliphatic carbocycles. The lowest BCUT2D eigenvalue weighted by Gasteiger charge is -2.39. The molecule has 3 heteroatoms. The summed E-state index contributed by atoms with van der Waals surface area (Å²) in [6.07, 6.45) is 10.3. The maximum atomic E-state index is 12.3. The van der Waals surface area contributed by atoms with Gasteiger partial charge in [0.25, 0.3) is 0 Å². The number of hydrogen-bond donors (Lipinski definition) is 2. The van der Waals surface area contributed by atoms with Crippen molar-refractivity contribution in [2.45, 2.75) is 57.4 Å². The van der Waals surface area contributed by atoms with Crippen molar-refractivity contribution in [2.75, 3.05) is 13.1 Å². The molecule has 18 heavy (non-hydrogen) atoms. The average Bonchev–Trinajstić information content (AvgIpc) is 2.91. The minimum atomic E-state index is 0.310. The van der Waals surface area contributed by atoms with Crippen LogP contribution in [0.4, 0.5) is 0 Å². The average molecular weight is 250 g/mol. The lowest BCUT2D eigenvalue weighted by Crippen LogP contribution is -2.42. The van der Waals surface area contributed by atoms with E-state index >= 15 is 0 Å². The number of carbonyl (C=O) groups excluding carboxylic acids is 1. The van der Waals surface area contributed by atoms with Crippen molar-refractivity contribution in [3.63, 3.8) is 0 Å². The Morgan fingerprint density at radius 3 is 2.61 bits per heavy atom. The second-order valence-corrected chi connectivity index (χ2v) is 6.51. The first-order valence-electron chi connectivity index (χ1n) is 7.84. The van der Waals surface area contributed by atoms with Crippen LogP contribution in [0.15, 0.2) is 0 Å². The van der Waals surface area contributed by atoms with Gasteiger partial charge < -0.3 is 10.6 Å². The van der Waals surface area contributed by atoms with Gasteiger partial charge >= 0.3 is 0 Å². The molecule has 1 saturated heterocycles. The van der Waals surface area contributed by atoms with Crippen LogP contribution in [-0.4, -0.2) is 25.0 Å². The molecule has 3 aliphatic rings. The van der Waals surface area contributed by atoms with Crippen molar-refractivity contribution in [1.29, 1.82) is 0 Å². The predicted octanol–water partition coefficient (Wildman–Crippen LogP) is 2.07. The molecule has 1 heterocycles. The molecule has 0 aromatic heterocycles. The van der Waals surface area contributed by atoms with Crippen molar-refractivity contribution in [1.82, 2.24) is 10.6 Å². The molecule has 0 aromatic carbocycles. The van der Waals surface area contributed by atoms with E-state index in [-0.39, 0.29) is 0 Å². The molecular formula is C15H26N2O. The molecule has 102 valence electrons. The Morgan fingerprint density at radius 1 is 1.00 bits per heavy atom. The molecule has 3 fully saturated rings. The molecule has 0 spiro atoms. The largest absolute Gasteiger partial charge is 0.352 e. The van der Waals surface area contributed by atoms with E-state index in [0.29, 0.717) is 17.9 Å². The molecule has 0 bridgehead atoms. The van der Waals surface area contributed by atoms with Crippen molar-refractivity contribution in [3.8, 4) is 0 Å². The molecule has 0 aromatic rings. The smallest absolute Gasteiger partial charge is 0.223 e. The van der Waals surface area contributed by atoms with Gasteiger partial charge in [-0.15, -0.1) is 0 Å². The van der Waals surface area contributed by atoms with Gasteiger partial charge in [-0.25, -0.2) is 0 Å². The highest BCUT2D eigenvalue weighted by Crippen LogP contribution is 2.42. The zero-order valence-corrected chi connectivity index (χ0v) is 11.3. The second-order valence-electron chi connectivity index (χ2n) is 6.51. The zero-order chi connectivity index (χ0) is 12.4. The van der Waals surface area contributed by atoms with E-state index in [9.17, 15) is 4.79 Å². The third-order valence-electron chi connectivity index (χ3n) is 5.32. The Balaban J connectivity index is 1.51. The minimum absolute atomic E-state index is 0.310. The second kappa shape index (κ2) is 5.60. The van der Waals surface area contributed by atoms with Gasteiger partial charge in [0.1, 0.15) is 0 Å². The molecule has 2 N–H and O–H groups in total. The van der Waals surface area contributed by atoms with E-state index in [4.69, 9.17) is 0 Å². The van der Waals surface area contributed by atoms with Crippen LogP contribution in [0.25, 0.3) is 0 Å². The van der Waals surface area contributed by atoms with Gasteiger partial charge in [0.15, 0.2) is 0 Å². The topological polar surface area (TPSA) is 41.1 Å². The van der Waals surface area contributed by atoms with Crippen LogP contribution in [0.3, 0.4) is 0 Å². The van der Waals surface area contributed by atoms with Crippen LogP contribution in [0, 0.1) is 17.8 Å². The summed E-state index contributed by atoms with van der Waals surface area (Å²) in [7, 11) is 0. The van der Waals surface area contributed by atoms with E-state index in [1.54, 1.807) is 0 Å². The molecular weight excluding hydrogens is 224 g/mol. The molecule has 0 radical (unpaired) electrons. The van der Waals surface area contributed by atoms with E-state index in [1.807, 2.05) is 0 Å². The summed E-state index contributed by atoms with van der Waals surface area (Å²) in [6.45, 7) is 2.02. The minimum Gasteiger partial charge on any atom is -0.352 e. The van der Waals surface area contributed by atoms with Crippen molar-refractivity contribution in [3.05, 3.63) is 0 Å². The normalized spacial score (nSPS) is 40.2. The van der Waals surface area contributed by atoms with Gasteiger partial charge in [-0.1, -0.05) is 25.7 Å². The quantitative estimate of drug-likeness (QED) is 0.788. The molecule has 2 saturated carbocycles. The number of carbonyl (C=O) groups is 1. The van der Waals surface area contributed by atoms with Gasteiger partial charge in [-0.2, -0.15) is 0 Å². The first kappa shape index (κ1) is 12.5. The summed E-state index contributed by atoms with van der Waals surface area (Å²) in [5.41, 5.74) is 0. The van der Waals surface area contributed by atoms with Crippen LogP contribution in [0.5, 0.6) is 0 Å². The Hall–Kier alpha value is -0.570.